The summed E-state index contributed by atoms with van der Waals surface area (Å²) in [7, 11) is 0. The zero-order valence-corrected chi connectivity index (χ0v) is 18.3. The molecule has 4 rings (SSSR count). The molecule has 0 saturated heterocycles. The number of fused-ring (bicyclic) bond motifs is 1. The molecule has 0 spiro atoms. The van der Waals surface area contributed by atoms with Crippen molar-refractivity contribution in [2.45, 2.75) is 32.7 Å². The standard InChI is InChI=1S/C26H25N3O4/c1-2-3-8-25-28-22-15-20(27-17-30)13-14-23(22)29(25)16-18-9-11-19(12-10-18)21-6-4-5-7-24(21)33-26(31)32/h4-7,9-15,17H,2-3,8,16H2,1H3,(H,27,30)(H,31,32). The largest absolute Gasteiger partial charge is 0.511 e. The molecule has 3 aromatic carbocycles. The summed E-state index contributed by atoms with van der Waals surface area (Å²) in [4.78, 5) is 26.6. The van der Waals surface area contributed by atoms with Crippen LogP contribution in [0.15, 0.2) is 66.7 Å². The molecule has 7 nitrogen and oxygen atoms in total. The van der Waals surface area contributed by atoms with Gasteiger partial charge in [-0.05, 0) is 41.8 Å². The van der Waals surface area contributed by atoms with Crippen molar-refractivity contribution in [1.82, 2.24) is 9.55 Å². The number of hydrogen-bond donors (Lipinski definition) is 2. The van der Waals surface area contributed by atoms with E-state index < -0.39 is 6.16 Å². The highest BCUT2D eigenvalue weighted by Gasteiger charge is 2.13. The highest BCUT2D eigenvalue weighted by atomic mass is 16.7. The van der Waals surface area contributed by atoms with Crippen LogP contribution in [0.3, 0.4) is 0 Å². The van der Waals surface area contributed by atoms with Gasteiger partial charge in [-0.15, -0.1) is 0 Å². The summed E-state index contributed by atoms with van der Waals surface area (Å²) in [6, 6.07) is 20.8. The first kappa shape index (κ1) is 22.1. The van der Waals surface area contributed by atoms with Gasteiger partial charge in [0.2, 0.25) is 6.41 Å². The average molecular weight is 444 g/mol. The maximum Gasteiger partial charge on any atom is 0.511 e. The van der Waals surface area contributed by atoms with Crippen molar-refractivity contribution in [2.24, 2.45) is 0 Å². The topological polar surface area (TPSA) is 93.5 Å². The van der Waals surface area contributed by atoms with E-state index in [1.165, 1.54) is 0 Å². The molecule has 0 unspecified atom stereocenters. The zero-order valence-electron chi connectivity index (χ0n) is 18.3. The number of ether oxygens (including phenoxy) is 1. The Morgan fingerprint density at radius 1 is 1.12 bits per heavy atom. The Morgan fingerprint density at radius 3 is 2.64 bits per heavy atom. The molecule has 33 heavy (non-hydrogen) atoms. The molecule has 0 aliphatic rings. The molecule has 0 aliphatic carbocycles. The molecule has 1 aromatic heterocycles. The number of aromatic nitrogens is 2. The number of amides is 1. The van der Waals surface area contributed by atoms with E-state index in [1.807, 2.05) is 54.6 Å². The molecule has 0 aliphatic heterocycles. The third-order valence-electron chi connectivity index (χ3n) is 5.50. The summed E-state index contributed by atoms with van der Waals surface area (Å²) in [5.41, 5.74) is 5.28. The number of para-hydroxylation sites is 1. The van der Waals surface area contributed by atoms with Gasteiger partial charge in [-0.2, -0.15) is 0 Å². The second kappa shape index (κ2) is 9.99. The molecule has 0 bridgehead atoms. The van der Waals surface area contributed by atoms with Gasteiger partial charge in [-0.3, -0.25) is 4.79 Å². The van der Waals surface area contributed by atoms with Crippen molar-refractivity contribution < 1.29 is 19.4 Å². The van der Waals surface area contributed by atoms with Crippen molar-refractivity contribution in [2.75, 3.05) is 5.32 Å². The van der Waals surface area contributed by atoms with Gasteiger partial charge in [0.15, 0.2) is 0 Å². The van der Waals surface area contributed by atoms with Gasteiger partial charge in [0.05, 0.1) is 11.0 Å². The number of rotatable bonds is 9. The van der Waals surface area contributed by atoms with Crippen LogP contribution < -0.4 is 10.1 Å². The van der Waals surface area contributed by atoms with E-state index in [-0.39, 0.29) is 0 Å². The van der Waals surface area contributed by atoms with Gasteiger partial charge in [0.1, 0.15) is 11.6 Å². The van der Waals surface area contributed by atoms with Crippen LogP contribution in [0.5, 0.6) is 5.75 Å². The van der Waals surface area contributed by atoms with Crippen LogP contribution in [0.1, 0.15) is 31.2 Å². The molecule has 0 saturated carbocycles. The lowest BCUT2D eigenvalue weighted by Gasteiger charge is -2.12. The quantitative estimate of drug-likeness (QED) is 0.196. The number of carbonyl (C=O) groups is 2. The first-order chi connectivity index (χ1) is 16.1. The SMILES string of the molecule is CCCCc1nc2cc(NC=O)ccc2n1Cc1ccc(-c2ccccc2OC(=O)O)cc1. The van der Waals surface area contributed by atoms with Crippen LogP contribution in [0.2, 0.25) is 0 Å². The van der Waals surface area contributed by atoms with Gasteiger partial charge in [0, 0.05) is 24.2 Å². The van der Waals surface area contributed by atoms with E-state index in [1.54, 1.807) is 12.1 Å². The average Bonchev–Trinajstić information content (AvgIpc) is 3.15. The maximum absolute atomic E-state index is 11.0. The summed E-state index contributed by atoms with van der Waals surface area (Å²) < 4.78 is 7.14. The van der Waals surface area contributed by atoms with Crippen LogP contribution in [0, 0.1) is 0 Å². The normalized spacial score (nSPS) is 10.8. The summed E-state index contributed by atoms with van der Waals surface area (Å²) in [6.07, 6.45) is 2.32. The molecule has 0 radical (unpaired) electrons. The van der Waals surface area contributed by atoms with Gasteiger partial charge >= 0.3 is 6.16 Å². The minimum atomic E-state index is -1.34. The lowest BCUT2D eigenvalue weighted by molar-refractivity contribution is -0.105. The van der Waals surface area contributed by atoms with Crippen molar-refractivity contribution in [1.29, 1.82) is 0 Å². The Bertz CT molecular complexity index is 1280. The van der Waals surface area contributed by atoms with Crippen LogP contribution in [-0.2, 0) is 17.8 Å². The summed E-state index contributed by atoms with van der Waals surface area (Å²) in [5.74, 6) is 1.32. The molecule has 168 valence electrons. The van der Waals surface area contributed by atoms with E-state index >= 15 is 0 Å². The predicted molar refractivity (Wildman–Crippen MR) is 128 cm³/mol. The summed E-state index contributed by atoms with van der Waals surface area (Å²) >= 11 is 0. The van der Waals surface area contributed by atoms with E-state index in [2.05, 4.69) is 16.8 Å². The highest BCUT2D eigenvalue weighted by Crippen LogP contribution is 2.30. The first-order valence-electron chi connectivity index (χ1n) is 10.9. The number of nitrogens with zero attached hydrogens (tertiary/aromatic N) is 2. The Kier molecular flexibility index (Phi) is 6.69. The Morgan fingerprint density at radius 2 is 1.91 bits per heavy atom. The van der Waals surface area contributed by atoms with Crippen LogP contribution in [0.4, 0.5) is 10.5 Å². The number of unbranched alkanes of at least 4 members (excludes halogenated alkanes) is 1. The zero-order chi connectivity index (χ0) is 23.2. The van der Waals surface area contributed by atoms with Gasteiger partial charge in [-0.1, -0.05) is 55.8 Å². The summed E-state index contributed by atoms with van der Waals surface area (Å²) in [5, 5.41) is 11.7. The minimum absolute atomic E-state index is 0.306. The number of hydrogen-bond acceptors (Lipinski definition) is 4. The fourth-order valence-corrected chi connectivity index (χ4v) is 3.90. The van der Waals surface area contributed by atoms with E-state index in [9.17, 15) is 9.59 Å². The van der Waals surface area contributed by atoms with Crippen LogP contribution in [-0.4, -0.2) is 27.2 Å². The summed E-state index contributed by atoms with van der Waals surface area (Å²) in [6.45, 7) is 2.81. The van der Waals surface area contributed by atoms with Crippen LogP contribution in [0.25, 0.3) is 22.2 Å². The third-order valence-corrected chi connectivity index (χ3v) is 5.50. The van der Waals surface area contributed by atoms with Gasteiger partial charge in [-0.25, -0.2) is 9.78 Å². The van der Waals surface area contributed by atoms with Gasteiger partial charge < -0.3 is 19.7 Å². The van der Waals surface area contributed by atoms with E-state index in [4.69, 9.17) is 14.8 Å². The molecule has 0 atom stereocenters. The second-order valence-electron chi connectivity index (χ2n) is 7.74. The Labute approximate surface area is 191 Å². The molecule has 7 heteroatoms. The first-order valence-corrected chi connectivity index (χ1v) is 10.9. The monoisotopic (exact) mass is 443 g/mol. The fraction of sp³-hybridized carbons (Fsp3) is 0.192. The van der Waals surface area contributed by atoms with E-state index in [0.29, 0.717) is 18.7 Å². The van der Waals surface area contributed by atoms with Crippen molar-refractivity contribution in [3.05, 3.63) is 78.1 Å². The lowest BCUT2D eigenvalue weighted by atomic mass is 10.0. The van der Waals surface area contributed by atoms with Crippen LogP contribution >= 0.6 is 0 Å². The smallest absolute Gasteiger partial charge is 0.449 e. The minimum Gasteiger partial charge on any atom is -0.449 e. The molecular formula is C26H25N3O4. The molecule has 0 fully saturated rings. The highest BCUT2D eigenvalue weighted by molar-refractivity contribution is 5.83. The third kappa shape index (κ3) is 5.03. The molecule has 2 N–H and O–H groups in total. The number of imidazole rings is 1. The van der Waals surface area contributed by atoms with Crippen molar-refractivity contribution >= 4 is 29.3 Å². The molecular weight excluding hydrogens is 418 g/mol. The number of carbonyl (C=O) groups excluding carboxylic acids is 1. The Hall–Kier alpha value is -4.13. The number of benzene rings is 3. The van der Waals surface area contributed by atoms with Crippen molar-refractivity contribution in [3.63, 3.8) is 0 Å². The predicted octanol–water partition coefficient (Wildman–Crippen LogP) is 5.72. The molecule has 4 aromatic rings. The number of carboxylic acid groups (broad SMARTS) is 1. The Balaban J connectivity index is 1.64. The molecule has 1 amide bonds. The van der Waals surface area contributed by atoms with Crippen molar-refractivity contribution in [3.8, 4) is 16.9 Å². The second-order valence-corrected chi connectivity index (χ2v) is 7.74. The number of anilines is 1. The number of nitrogens with one attached hydrogen (secondary N) is 1. The molecule has 1 heterocycles. The lowest BCUT2D eigenvalue weighted by Crippen LogP contribution is -2.06. The van der Waals surface area contributed by atoms with Gasteiger partial charge in [0.25, 0.3) is 0 Å². The maximum atomic E-state index is 11.0. The number of aryl methyl sites for hydroxylation is 1. The fourth-order valence-electron chi connectivity index (χ4n) is 3.90. The van der Waals surface area contributed by atoms with E-state index in [0.717, 1.165) is 58.5 Å².